The van der Waals surface area contributed by atoms with Crippen LogP contribution < -0.4 is 5.32 Å². The molecule has 1 amide bonds. The lowest BCUT2D eigenvalue weighted by Gasteiger charge is -2.13. The maximum atomic E-state index is 13.0. The fraction of sp³-hybridized carbons (Fsp3) is 0.227. The first kappa shape index (κ1) is 23.2. The lowest BCUT2D eigenvalue weighted by molar-refractivity contribution is -0.143. The van der Waals surface area contributed by atoms with Gasteiger partial charge in [-0.3, -0.25) is 5.32 Å². The molecular formula is C22H17F6NO3. The molecule has 0 saturated heterocycles. The number of hydrogen-bond acceptors (Lipinski definition) is 3. The highest BCUT2D eigenvalue weighted by atomic mass is 19.4. The van der Waals surface area contributed by atoms with E-state index in [0.717, 1.165) is 11.1 Å². The summed E-state index contributed by atoms with van der Waals surface area (Å²) in [6.45, 7) is 3.33. The van der Waals surface area contributed by atoms with Crippen molar-refractivity contribution in [1.29, 1.82) is 0 Å². The summed E-state index contributed by atoms with van der Waals surface area (Å²) in [4.78, 5) is 12.0. The minimum Gasteiger partial charge on any atom is -0.457 e. The average molecular weight is 457 g/mol. The van der Waals surface area contributed by atoms with Gasteiger partial charge in [0.05, 0.1) is 11.1 Å². The Balaban J connectivity index is 1.74. The summed E-state index contributed by atoms with van der Waals surface area (Å²) in [6.07, 6.45) is -10.7. The molecule has 2 aromatic carbocycles. The predicted molar refractivity (Wildman–Crippen MR) is 104 cm³/mol. The topological polar surface area (TPSA) is 51.5 Å². The van der Waals surface area contributed by atoms with Crippen LogP contribution in [-0.2, 0) is 23.7 Å². The van der Waals surface area contributed by atoms with Crippen LogP contribution in [0.15, 0.2) is 52.9 Å². The van der Waals surface area contributed by atoms with Crippen LogP contribution in [0.2, 0.25) is 0 Å². The molecule has 1 N–H and O–H groups in total. The van der Waals surface area contributed by atoms with Crippen molar-refractivity contribution < 1.29 is 40.3 Å². The van der Waals surface area contributed by atoms with Gasteiger partial charge in [0, 0.05) is 11.3 Å². The van der Waals surface area contributed by atoms with Gasteiger partial charge >= 0.3 is 18.4 Å². The predicted octanol–water partition coefficient (Wildman–Crippen LogP) is 7.35. The Morgan fingerprint density at radius 2 is 1.44 bits per heavy atom. The largest absolute Gasteiger partial charge is 0.457 e. The van der Waals surface area contributed by atoms with Gasteiger partial charge in [-0.05, 0) is 67.4 Å². The van der Waals surface area contributed by atoms with Gasteiger partial charge in [-0.15, -0.1) is 0 Å². The van der Waals surface area contributed by atoms with Crippen molar-refractivity contribution in [2.45, 2.75) is 32.8 Å². The third-order valence-corrected chi connectivity index (χ3v) is 4.35. The number of benzene rings is 2. The van der Waals surface area contributed by atoms with Gasteiger partial charge in [-0.1, -0.05) is 6.07 Å². The van der Waals surface area contributed by atoms with Crippen LogP contribution in [0.5, 0.6) is 0 Å². The third-order valence-electron chi connectivity index (χ3n) is 4.35. The normalized spacial score (nSPS) is 12.0. The summed E-state index contributed by atoms with van der Waals surface area (Å²) in [6, 6.07) is 9.03. The van der Waals surface area contributed by atoms with Crippen LogP contribution in [0, 0.1) is 13.8 Å². The van der Waals surface area contributed by atoms with Crippen molar-refractivity contribution in [3.63, 3.8) is 0 Å². The molecule has 170 valence electrons. The molecule has 0 radical (unpaired) electrons. The lowest BCUT2D eigenvalue weighted by Crippen LogP contribution is -2.13. The molecule has 10 heteroatoms. The van der Waals surface area contributed by atoms with E-state index in [9.17, 15) is 31.1 Å². The molecular weight excluding hydrogens is 440 g/mol. The number of anilines is 1. The monoisotopic (exact) mass is 457 g/mol. The van der Waals surface area contributed by atoms with E-state index < -0.39 is 35.1 Å². The number of rotatable bonds is 4. The summed E-state index contributed by atoms with van der Waals surface area (Å²) < 4.78 is 88.5. The molecule has 3 rings (SSSR count). The highest BCUT2D eigenvalue weighted by Gasteiger charge is 2.37. The Hall–Kier alpha value is -3.43. The van der Waals surface area contributed by atoms with Crippen molar-refractivity contribution in [3.8, 4) is 11.3 Å². The maximum absolute atomic E-state index is 13.0. The molecule has 0 spiro atoms. The second-order valence-corrected chi connectivity index (χ2v) is 7.14. The van der Waals surface area contributed by atoms with Crippen LogP contribution in [0.1, 0.15) is 28.0 Å². The first-order valence-electron chi connectivity index (χ1n) is 9.22. The Kier molecular flexibility index (Phi) is 6.25. The summed E-state index contributed by atoms with van der Waals surface area (Å²) >= 11 is 0. The van der Waals surface area contributed by atoms with Crippen LogP contribution in [0.25, 0.3) is 11.3 Å². The van der Waals surface area contributed by atoms with Crippen LogP contribution in [-0.4, -0.2) is 6.09 Å². The number of furan rings is 1. The summed E-state index contributed by atoms with van der Waals surface area (Å²) in [7, 11) is 0. The van der Waals surface area contributed by atoms with E-state index in [0.29, 0.717) is 17.8 Å². The minimum atomic E-state index is -4.97. The van der Waals surface area contributed by atoms with Crippen molar-refractivity contribution in [2.24, 2.45) is 0 Å². The maximum Gasteiger partial charge on any atom is 0.416 e. The Labute approximate surface area is 178 Å². The Morgan fingerprint density at radius 3 is 1.97 bits per heavy atom. The van der Waals surface area contributed by atoms with Crippen molar-refractivity contribution >= 4 is 11.8 Å². The zero-order chi connectivity index (χ0) is 23.7. The number of nitrogens with one attached hydrogen (secondary N) is 1. The summed E-state index contributed by atoms with van der Waals surface area (Å²) in [5.41, 5.74) is -0.950. The molecule has 1 heterocycles. The number of alkyl halides is 6. The minimum absolute atomic E-state index is 0.0355. The van der Waals surface area contributed by atoms with Gasteiger partial charge in [0.1, 0.15) is 11.5 Å². The molecule has 0 unspecified atom stereocenters. The third kappa shape index (κ3) is 5.83. The van der Waals surface area contributed by atoms with Crippen LogP contribution >= 0.6 is 0 Å². The highest BCUT2D eigenvalue weighted by molar-refractivity contribution is 5.84. The number of amides is 1. The van der Waals surface area contributed by atoms with Crippen LogP contribution in [0.3, 0.4) is 0 Å². The van der Waals surface area contributed by atoms with E-state index in [1.165, 1.54) is 12.1 Å². The highest BCUT2D eigenvalue weighted by Crippen LogP contribution is 2.39. The molecule has 4 nitrogen and oxygen atoms in total. The average Bonchev–Trinajstić information content (AvgIpc) is 3.13. The first-order chi connectivity index (χ1) is 14.8. The SMILES string of the molecule is Cc1cc(C)cc(NC(=O)OCc2ccc(-c3cc(C(F)(F)F)cc(C(F)(F)F)c3)o2)c1. The zero-order valence-electron chi connectivity index (χ0n) is 16.8. The van der Waals surface area contributed by atoms with Gasteiger partial charge in [0.15, 0.2) is 6.61 Å². The number of ether oxygens (including phenoxy) is 1. The summed E-state index contributed by atoms with van der Waals surface area (Å²) in [5, 5.41) is 2.53. The lowest BCUT2D eigenvalue weighted by atomic mass is 10.0. The first-order valence-corrected chi connectivity index (χ1v) is 9.22. The van der Waals surface area contributed by atoms with Gasteiger partial charge in [0.25, 0.3) is 0 Å². The van der Waals surface area contributed by atoms with E-state index in [1.54, 1.807) is 12.1 Å². The fourth-order valence-electron chi connectivity index (χ4n) is 3.05. The number of carbonyl (C=O) groups is 1. The zero-order valence-corrected chi connectivity index (χ0v) is 16.8. The van der Waals surface area contributed by atoms with Gasteiger partial charge in [0.2, 0.25) is 0 Å². The molecule has 0 fully saturated rings. The van der Waals surface area contributed by atoms with E-state index >= 15 is 0 Å². The standard InChI is InChI=1S/C22H17F6NO3/c1-12-5-13(2)7-17(6-12)29-20(30)31-11-18-3-4-19(32-18)14-8-15(21(23,24)25)10-16(9-14)22(26,27)28/h3-10H,11H2,1-2H3,(H,29,30). The summed E-state index contributed by atoms with van der Waals surface area (Å²) in [5.74, 6) is -0.184. The Morgan fingerprint density at radius 1 is 0.875 bits per heavy atom. The van der Waals surface area contributed by atoms with Gasteiger partial charge in [-0.25, -0.2) is 4.79 Å². The van der Waals surface area contributed by atoms with Crippen molar-refractivity contribution in [2.75, 3.05) is 5.32 Å². The van der Waals surface area contributed by atoms with Crippen LogP contribution in [0.4, 0.5) is 36.8 Å². The molecule has 0 aliphatic rings. The van der Waals surface area contributed by atoms with Crippen molar-refractivity contribution in [3.05, 3.63) is 76.5 Å². The number of aryl methyl sites for hydroxylation is 2. The molecule has 1 aromatic heterocycles. The quantitative estimate of drug-likeness (QED) is 0.417. The molecule has 3 aromatic rings. The van der Waals surface area contributed by atoms with Crippen molar-refractivity contribution in [1.82, 2.24) is 0 Å². The van der Waals surface area contributed by atoms with E-state index in [2.05, 4.69) is 5.32 Å². The number of hydrogen-bond donors (Lipinski definition) is 1. The molecule has 0 saturated carbocycles. The molecule has 0 aliphatic heterocycles. The number of halogens is 6. The Bertz CT molecular complexity index is 1080. The number of carbonyl (C=O) groups excluding carboxylic acids is 1. The van der Waals surface area contributed by atoms with E-state index in [1.807, 2.05) is 19.9 Å². The van der Waals surface area contributed by atoms with Gasteiger partial charge < -0.3 is 9.15 Å². The van der Waals surface area contributed by atoms with Gasteiger partial charge in [-0.2, -0.15) is 26.3 Å². The second-order valence-electron chi connectivity index (χ2n) is 7.14. The molecule has 32 heavy (non-hydrogen) atoms. The molecule has 0 atom stereocenters. The second kappa shape index (κ2) is 8.60. The van der Waals surface area contributed by atoms with E-state index in [-0.39, 0.29) is 24.2 Å². The fourth-order valence-corrected chi connectivity index (χ4v) is 3.05. The molecule has 0 bridgehead atoms. The van der Waals surface area contributed by atoms with E-state index in [4.69, 9.17) is 9.15 Å². The molecule has 0 aliphatic carbocycles. The smallest absolute Gasteiger partial charge is 0.416 e.